The van der Waals surface area contributed by atoms with E-state index in [2.05, 4.69) is 0 Å². The molecule has 0 saturated carbocycles. The van der Waals surface area contributed by atoms with Crippen molar-refractivity contribution in [2.75, 3.05) is 0 Å². The van der Waals surface area contributed by atoms with Gasteiger partial charge in [-0.2, -0.15) is 5.54 Å². The molecule has 0 spiro atoms. The zero-order valence-corrected chi connectivity index (χ0v) is 4.20. The van der Waals surface area contributed by atoms with Crippen LogP contribution < -0.4 is 5.54 Å². The van der Waals surface area contributed by atoms with Gasteiger partial charge in [-0.3, -0.25) is 4.79 Å². The molecule has 0 bridgehead atoms. The monoisotopic (exact) mass is 105 g/mol. The fraction of sp³-hybridized carbons (Fsp3) is 0.750. The summed E-state index contributed by atoms with van der Waals surface area (Å²) in [6, 6.07) is 0. The molecule has 0 unspecified atom stereocenters. The predicted molar refractivity (Wildman–Crippen MR) is 24.2 cm³/mol. The van der Waals surface area contributed by atoms with E-state index in [9.17, 15) is 9.28 Å². The predicted octanol–water partition coefficient (Wildman–Crippen LogP) is 0.787. The number of halogens is 1. The standard InChI is InChI=1S/C4H8FNO/c1-2-3-4(7)6-5/h2-3H2,1H3,(H,6,7). The Bertz CT molecular complexity index is 64.7. The molecule has 0 aliphatic carbocycles. The minimum absolute atomic E-state index is 0.274. The lowest BCUT2D eigenvalue weighted by molar-refractivity contribution is -0.125. The van der Waals surface area contributed by atoms with Gasteiger partial charge in [-0.25, -0.2) is 0 Å². The van der Waals surface area contributed by atoms with Crippen molar-refractivity contribution in [2.24, 2.45) is 0 Å². The van der Waals surface area contributed by atoms with E-state index in [0.717, 1.165) is 5.54 Å². The minimum Gasteiger partial charge on any atom is -0.273 e. The van der Waals surface area contributed by atoms with Gasteiger partial charge in [0.05, 0.1) is 0 Å². The second-order valence-electron chi connectivity index (χ2n) is 1.27. The van der Waals surface area contributed by atoms with Gasteiger partial charge < -0.3 is 0 Å². The highest BCUT2D eigenvalue weighted by atomic mass is 19.2. The molecule has 0 radical (unpaired) electrons. The molecular formula is C4H8FNO. The Balaban J connectivity index is 3.00. The summed E-state index contributed by atoms with van der Waals surface area (Å²) in [5, 5.41) is 0. The van der Waals surface area contributed by atoms with Crippen molar-refractivity contribution in [3.05, 3.63) is 0 Å². The van der Waals surface area contributed by atoms with Crippen LogP contribution in [0.15, 0.2) is 0 Å². The highest BCUT2D eigenvalue weighted by molar-refractivity contribution is 5.74. The first kappa shape index (κ1) is 6.40. The number of carbonyl (C=O) groups is 1. The molecule has 0 aliphatic heterocycles. The second kappa shape index (κ2) is 3.59. The van der Waals surface area contributed by atoms with E-state index in [4.69, 9.17) is 0 Å². The van der Waals surface area contributed by atoms with Crippen molar-refractivity contribution in [1.82, 2.24) is 5.54 Å². The van der Waals surface area contributed by atoms with Crippen molar-refractivity contribution in [3.8, 4) is 0 Å². The van der Waals surface area contributed by atoms with Crippen molar-refractivity contribution >= 4 is 5.91 Å². The number of hydrogen-bond acceptors (Lipinski definition) is 1. The summed E-state index contributed by atoms with van der Waals surface area (Å²) >= 11 is 0. The first-order valence-electron chi connectivity index (χ1n) is 2.20. The summed E-state index contributed by atoms with van der Waals surface area (Å²) in [7, 11) is 0. The van der Waals surface area contributed by atoms with Crippen LogP contribution in [0, 0.1) is 0 Å². The molecule has 0 aliphatic rings. The topological polar surface area (TPSA) is 29.1 Å². The Morgan fingerprint density at radius 1 is 1.86 bits per heavy atom. The van der Waals surface area contributed by atoms with Gasteiger partial charge in [0, 0.05) is 6.42 Å². The molecule has 0 saturated heterocycles. The molecule has 42 valence electrons. The van der Waals surface area contributed by atoms with Crippen molar-refractivity contribution in [2.45, 2.75) is 19.8 Å². The van der Waals surface area contributed by atoms with Crippen molar-refractivity contribution in [1.29, 1.82) is 0 Å². The number of hydrogen-bond donors (Lipinski definition) is 1. The molecule has 7 heavy (non-hydrogen) atoms. The maximum atomic E-state index is 11.0. The number of rotatable bonds is 2. The maximum Gasteiger partial charge on any atom is 0.247 e. The maximum absolute atomic E-state index is 11.0. The zero-order valence-electron chi connectivity index (χ0n) is 4.20. The smallest absolute Gasteiger partial charge is 0.247 e. The van der Waals surface area contributed by atoms with E-state index in [1.54, 1.807) is 0 Å². The summed E-state index contributed by atoms with van der Waals surface area (Å²) in [4.78, 5) is 9.93. The van der Waals surface area contributed by atoms with Gasteiger partial charge in [-0.15, -0.1) is 4.48 Å². The number of carbonyl (C=O) groups excluding carboxylic acids is 1. The average molecular weight is 105 g/mol. The van der Waals surface area contributed by atoms with Crippen molar-refractivity contribution < 1.29 is 9.28 Å². The molecule has 0 heterocycles. The van der Waals surface area contributed by atoms with Crippen LogP contribution in [0.1, 0.15) is 19.8 Å². The summed E-state index contributed by atoms with van der Waals surface area (Å²) < 4.78 is 11.0. The Labute approximate surface area is 41.6 Å². The number of amides is 1. The lowest BCUT2D eigenvalue weighted by Gasteiger charge is -1.87. The van der Waals surface area contributed by atoms with Gasteiger partial charge in [0.2, 0.25) is 5.91 Å². The van der Waals surface area contributed by atoms with Crippen LogP contribution in [0.5, 0.6) is 0 Å². The van der Waals surface area contributed by atoms with Crippen molar-refractivity contribution in [3.63, 3.8) is 0 Å². The first-order chi connectivity index (χ1) is 3.31. The lowest BCUT2D eigenvalue weighted by Crippen LogP contribution is -2.11. The van der Waals surface area contributed by atoms with E-state index >= 15 is 0 Å². The second-order valence-corrected chi connectivity index (χ2v) is 1.27. The summed E-state index contributed by atoms with van der Waals surface area (Å²) in [5.74, 6) is -0.539. The largest absolute Gasteiger partial charge is 0.273 e. The molecule has 0 aromatic heterocycles. The quantitative estimate of drug-likeness (QED) is 0.517. The highest BCUT2D eigenvalue weighted by Crippen LogP contribution is 1.83. The SMILES string of the molecule is CCCC(=O)NF. The van der Waals surface area contributed by atoms with E-state index in [1.807, 2.05) is 6.92 Å². The average Bonchev–Trinajstić information content (AvgIpc) is 1.68. The van der Waals surface area contributed by atoms with Crippen LogP contribution in [-0.2, 0) is 4.79 Å². The van der Waals surface area contributed by atoms with E-state index in [-0.39, 0.29) is 6.42 Å². The van der Waals surface area contributed by atoms with Gasteiger partial charge in [-0.05, 0) is 6.42 Å². The highest BCUT2D eigenvalue weighted by Gasteiger charge is 1.92. The Morgan fingerprint density at radius 2 is 2.43 bits per heavy atom. The lowest BCUT2D eigenvalue weighted by atomic mass is 10.3. The molecular weight excluding hydrogens is 97.0 g/mol. The van der Waals surface area contributed by atoms with E-state index < -0.39 is 5.91 Å². The fourth-order valence-electron chi connectivity index (χ4n) is 0.274. The molecule has 0 fully saturated rings. The molecule has 1 N–H and O–H groups in total. The molecule has 0 aromatic carbocycles. The summed E-state index contributed by atoms with van der Waals surface area (Å²) in [6.07, 6.45) is 0.965. The summed E-state index contributed by atoms with van der Waals surface area (Å²) in [5.41, 5.74) is 1.03. The Hall–Kier alpha value is -0.600. The fourth-order valence-corrected chi connectivity index (χ4v) is 0.274. The van der Waals surface area contributed by atoms with Gasteiger partial charge in [0.25, 0.3) is 0 Å². The van der Waals surface area contributed by atoms with Gasteiger partial charge >= 0.3 is 0 Å². The first-order valence-corrected chi connectivity index (χ1v) is 2.20. The molecule has 0 aromatic rings. The van der Waals surface area contributed by atoms with Crippen LogP contribution in [0.2, 0.25) is 0 Å². The van der Waals surface area contributed by atoms with Gasteiger partial charge in [-0.1, -0.05) is 6.92 Å². The van der Waals surface area contributed by atoms with Crippen LogP contribution in [0.3, 0.4) is 0 Å². The van der Waals surface area contributed by atoms with Crippen LogP contribution in [0.25, 0.3) is 0 Å². The molecule has 0 rings (SSSR count). The minimum atomic E-state index is -0.539. The zero-order chi connectivity index (χ0) is 5.70. The summed E-state index contributed by atoms with van der Waals surface area (Å²) in [6.45, 7) is 1.81. The molecule has 3 heteroatoms. The van der Waals surface area contributed by atoms with Crippen LogP contribution in [-0.4, -0.2) is 5.91 Å². The number of nitrogens with one attached hydrogen (secondary N) is 1. The van der Waals surface area contributed by atoms with E-state index in [0.29, 0.717) is 6.42 Å². The van der Waals surface area contributed by atoms with Gasteiger partial charge in [0.15, 0.2) is 0 Å². The van der Waals surface area contributed by atoms with Crippen LogP contribution in [0.4, 0.5) is 4.48 Å². The molecule has 2 nitrogen and oxygen atoms in total. The Morgan fingerprint density at radius 3 is 2.57 bits per heavy atom. The third-order valence-corrected chi connectivity index (χ3v) is 0.582. The normalized spacial score (nSPS) is 8.29. The van der Waals surface area contributed by atoms with Gasteiger partial charge in [0.1, 0.15) is 0 Å². The Kier molecular flexibility index (Phi) is 3.28. The third kappa shape index (κ3) is 3.22. The third-order valence-electron chi connectivity index (χ3n) is 0.582. The van der Waals surface area contributed by atoms with E-state index in [1.165, 1.54) is 0 Å². The molecule has 1 amide bonds. The van der Waals surface area contributed by atoms with Crippen LogP contribution >= 0.6 is 0 Å². The molecule has 0 atom stereocenters.